The Kier molecular flexibility index (Phi) is 5.29. The van der Waals surface area contributed by atoms with Crippen molar-refractivity contribution >= 4 is 17.0 Å². The number of nitro benzene ring substituents is 1. The third-order valence-corrected chi connectivity index (χ3v) is 3.81. The molecule has 1 N–H and O–H groups in total. The van der Waals surface area contributed by atoms with Crippen molar-refractivity contribution in [3.63, 3.8) is 0 Å². The van der Waals surface area contributed by atoms with Gasteiger partial charge in [-0.05, 0) is 25.1 Å². The van der Waals surface area contributed by atoms with E-state index in [2.05, 4.69) is 22.4 Å². The Balaban J connectivity index is 2.16. The second kappa shape index (κ2) is 7.19. The Hall–Kier alpha value is -1.93. The summed E-state index contributed by atoms with van der Waals surface area (Å²) in [6, 6.07) is 3.46. The van der Waals surface area contributed by atoms with Gasteiger partial charge in [0.2, 0.25) is 0 Å². The van der Waals surface area contributed by atoms with Crippen molar-refractivity contribution in [3.8, 4) is 10.6 Å². The van der Waals surface area contributed by atoms with Gasteiger partial charge in [0.05, 0.1) is 16.6 Å². The van der Waals surface area contributed by atoms with Crippen LogP contribution in [-0.4, -0.2) is 28.2 Å². The first-order chi connectivity index (χ1) is 10.1. The third kappa shape index (κ3) is 4.02. The zero-order chi connectivity index (χ0) is 15.2. The molecule has 0 radical (unpaired) electrons. The molecule has 6 nitrogen and oxygen atoms in total. The van der Waals surface area contributed by atoms with Crippen LogP contribution in [0.15, 0.2) is 18.2 Å². The largest absolute Gasteiger partial charge is 0.316 e. The van der Waals surface area contributed by atoms with Gasteiger partial charge >= 0.3 is 0 Å². The summed E-state index contributed by atoms with van der Waals surface area (Å²) < 4.78 is 13.1. The highest BCUT2D eigenvalue weighted by Crippen LogP contribution is 2.32. The lowest BCUT2D eigenvalue weighted by atomic mass is 10.2. The number of rotatable bonds is 7. The number of nitrogens with zero attached hydrogens (tertiary/aromatic N) is 3. The molecular formula is C13H15FN4O2S. The fourth-order valence-electron chi connectivity index (χ4n) is 1.80. The molecule has 8 heteroatoms. The zero-order valence-corrected chi connectivity index (χ0v) is 12.3. The quantitative estimate of drug-likeness (QED) is 0.483. The summed E-state index contributed by atoms with van der Waals surface area (Å²) in [5.74, 6) is -0.640. The maximum Gasteiger partial charge on any atom is 0.282 e. The molecule has 1 heterocycles. The number of aromatic nitrogens is 2. The molecule has 1 aromatic heterocycles. The molecular weight excluding hydrogens is 295 g/mol. The first-order valence-corrected chi connectivity index (χ1v) is 7.41. The van der Waals surface area contributed by atoms with Crippen LogP contribution in [0.2, 0.25) is 0 Å². The van der Waals surface area contributed by atoms with Gasteiger partial charge in [-0.15, -0.1) is 10.2 Å². The molecule has 2 rings (SSSR count). The first-order valence-electron chi connectivity index (χ1n) is 6.59. The van der Waals surface area contributed by atoms with E-state index >= 15 is 0 Å². The van der Waals surface area contributed by atoms with E-state index in [0.717, 1.165) is 30.6 Å². The molecule has 0 bridgehead atoms. The van der Waals surface area contributed by atoms with Gasteiger partial charge in [-0.2, -0.15) is 0 Å². The van der Waals surface area contributed by atoms with E-state index in [1.54, 1.807) is 0 Å². The van der Waals surface area contributed by atoms with E-state index in [1.807, 2.05) is 0 Å². The maximum absolute atomic E-state index is 13.1. The second-order valence-corrected chi connectivity index (χ2v) is 5.48. The van der Waals surface area contributed by atoms with Crippen molar-refractivity contribution in [2.24, 2.45) is 0 Å². The molecule has 0 saturated carbocycles. The van der Waals surface area contributed by atoms with Gasteiger partial charge in [0.15, 0.2) is 5.01 Å². The minimum Gasteiger partial charge on any atom is -0.316 e. The zero-order valence-electron chi connectivity index (χ0n) is 11.5. The predicted molar refractivity (Wildman–Crippen MR) is 78.8 cm³/mol. The van der Waals surface area contributed by atoms with E-state index in [0.29, 0.717) is 17.0 Å². The Morgan fingerprint density at radius 1 is 1.38 bits per heavy atom. The van der Waals surface area contributed by atoms with E-state index in [1.165, 1.54) is 23.5 Å². The van der Waals surface area contributed by atoms with Crippen LogP contribution in [0.25, 0.3) is 10.6 Å². The van der Waals surface area contributed by atoms with Crippen LogP contribution in [-0.2, 0) is 6.42 Å². The summed E-state index contributed by atoms with van der Waals surface area (Å²) in [5.41, 5.74) is 0.00785. The predicted octanol–water partition coefficient (Wildman–Crippen LogP) is 2.79. The van der Waals surface area contributed by atoms with Crippen molar-refractivity contribution in [2.45, 2.75) is 19.8 Å². The molecule has 112 valence electrons. The van der Waals surface area contributed by atoms with Crippen molar-refractivity contribution in [3.05, 3.63) is 39.1 Å². The Bertz CT molecular complexity index is 632. The molecule has 0 unspecified atom stereocenters. The fraction of sp³-hybridized carbons (Fsp3) is 0.385. The normalized spacial score (nSPS) is 10.8. The molecule has 0 aliphatic rings. The summed E-state index contributed by atoms with van der Waals surface area (Å²) in [6.45, 7) is 3.81. The van der Waals surface area contributed by atoms with E-state index < -0.39 is 10.7 Å². The third-order valence-electron chi connectivity index (χ3n) is 2.80. The van der Waals surface area contributed by atoms with E-state index in [4.69, 9.17) is 0 Å². The maximum atomic E-state index is 13.1. The molecule has 0 saturated heterocycles. The van der Waals surface area contributed by atoms with Gasteiger partial charge in [-0.3, -0.25) is 10.1 Å². The second-order valence-electron chi connectivity index (χ2n) is 4.42. The summed E-state index contributed by atoms with van der Waals surface area (Å²) >= 11 is 1.29. The van der Waals surface area contributed by atoms with Gasteiger partial charge in [-0.1, -0.05) is 18.3 Å². The van der Waals surface area contributed by atoms with Crippen LogP contribution in [0, 0.1) is 15.9 Å². The van der Waals surface area contributed by atoms with Gasteiger partial charge in [-0.25, -0.2) is 4.39 Å². The molecule has 21 heavy (non-hydrogen) atoms. The molecule has 0 spiro atoms. The minimum absolute atomic E-state index is 0.290. The highest BCUT2D eigenvalue weighted by atomic mass is 32.1. The molecule has 2 aromatic rings. The lowest BCUT2D eigenvalue weighted by Crippen LogP contribution is -2.17. The summed E-state index contributed by atoms with van der Waals surface area (Å²) in [6.07, 6.45) is 1.77. The van der Waals surface area contributed by atoms with Crippen LogP contribution in [0.3, 0.4) is 0 Å². The first kappa shape index (κ1) is 15.5. The molecule has 0 atom stereocenters. The number of nitrogens with one attached hydrogen (secondary N) is 1. The highest BCUT2D eigenvalue weighted by molar-refractivity contribution is 7.14. The van der Waals surface area contributed by atoms with Crippen molar-refractivity contribution in [1.82, 2.24) is 15.5 Å². The van der Waals surface area contributed by atoms with E-state index in [-0.39, 0.29) is 5.69 Å². The fourth-order valence-corrected chi connectivity index (χ4v) is 2.67. The van der Waals surface area contributed by atoms with Gasteiger partial charge in [0.25, 0.3) is 5.69 Å². The van der Waals surface area contributed by atoms with Crippen LogP contribution in [0.1, 0.15) is 18.4 Å². The monoisotopic (exact) mass is 310 g/mol. The van der Waals surface area contributed by atoms with Crippen molar-refractivity contribution in [1.29, 1.82) is 0 Å². The number of benzene rings is 1. The number of halogens is 1. The molecule has 0 aliphatic heterocycles. The number of hydrogen-bond donors (Lipinski definition) is 1. The Labute approximate surface area is 125 Å². The molecule has 0 aliphatic carbocycles. The lowest BCUT2D eigenvalue weighted by Gasteiger charge is -1.99. The number of nitro groups is 1. The lowest BCUT2D eigenvalue weighted by molar-refractivity contribution is -0.384. The Morgan fingerprint density at radius 3 is 2.90 bits per heavy atom. The summed E-state index contributed by atoms with van der Waals surface area (Å²) in [7, 11) is 0. The standard InChI is InChI=1S/C13H15FN4O2S/c1-2-6-15-7-5-12-16-17-13(21-12)10-4-3-9(14)8-11(10)18(19)20/h3-4,8,15H,2,5-7H2,1H3. The van der Waals surface area contributed by atoms with Crippen LogP contribution in [0.5, 0.6) is 0 Å². The van der Waals surface area contributed by atoms with Gasteiger partial charge in [0.1, 0.15) is 10.8 Å². The topological polar surface area (TPSA) is 81.0 Å². The molecule has 0 fully saturated rings. The molecule has 1 aromatic carbocycles. The van der Waals surface area contributed by atoms with E-state index in [9.17, 15) is 14.5 Å². The van der Waals surface area contributed by atoms with Crippen LogP contribution >= 0.6 is 11.3 Å². The van der Waals surface area contributed by atoms with Crippen molar-refractivity contribution in [2.75, 3.05) is 13.1 Å². The Morgan fingerprint density at radius 2 is 2.19 bits per heavy atom. The van der Waals surface area contributed by atoms with Gasteiger partial charge in [0, 0.05) is 13.0 Å². The van der Waals surface area contributed by atoms with Gasteiger partial charge < -0.3 is 5.32 Å². The smallest absolute Gasteiger partial charge is 0.282 e. The van der Waals surface area contributed by atoms with Crippen LogP contribution in [0.4, 0.5) is 10.1 Å². The highest BCUT2D eigenvalue weighted by Gasteiger charge is 2.19. The average Bonchev–Trinajstić information content (AvgIpc) is 2.92. The average molecular weight is 310 g/mol. The summed E-state index contributed by atoms with van der Waals surface area (Å²) in [5, 5.41) is 23.5. The van der Waals surface area contributed by atoms with Crippen LogP contribution < -0.4 is 5.32 Å². The molecule has 0 amide bonds. The minimum atomic E-state index is -0.640. The number of hydrogen-bond acceptors (Lipinski definition) is 6. The van der Waals surface area contributed by atoms with Crippen molar-refractivity contribution < 1.29 is 9.31 Å². The summed E-state index contributed by atoms with van der Waals surface area (Å²) in [4.78, 5) is 10.4. The SMILES string of the molecule is CCCNCCc1nnc(-c2ccc(F)cc2[N+](=O)[O-])s1.